The number of fused-ring (bicyclic) bond motifs is 1. The van der Waals surface area contributed by atoms with Gasteiger partial charge in [-0.15, -0.1) is 0 Å². The fourth-order valence-corrected chi connectivity index (χ4v) is 4.19. The number of anilines is 2. The predicted octanol–water partition coefficient (Wildman–Crippen LogP) is 3.29. The lowest BCUT2D eigenvalue weighted by Gasteiger charge is -2.12. The Balaban J connectivity index is 1.32. The second-order valence-electron chi connectivity index (χ2n) is 8.53. The molecule has 0 saturated heterocycles. The maximum Gasteiger partial charge on any atom is 0.250 e. The average molecular weight is 467 g/mol. The summed E-state index contributed by atoms with van der Waals surface area (Å²) >= 11 is 0. The molecule has 3 N–H and O–H groups in total. The van der Waals surface area contributed by atoms with Gasteiger partial charge in [0.05, 0.1) is 24.7 Å². The number of hydrogen-bond acceptors (Lipinski definition) is 7. The predicted molar refractivity (Wildman–Crippen MR) is 136 cm³/mol. The summed E-state index contributed by atoms with van der Waals surface area (Å²) < 4.78 is 3.55. The van der Waals surface area contributed by atoms with Gasteiger partial charge in [-0.25, -0.2) is 19.6 Å². The van der Waals surface area contributed by atoms with Gasteiger partial charge >= 0.3 is 0 Å². The number of nitrogens with one attached hydrogen (secondary N) is 1. The van der Waals surface area contributed by atoms with Gasteiger partial charge in [0.2, 0.25) is 0 Å². The minimum atomic E-state index is -0.0123. The third kappa shape index (κ3) is 4.74. The summed E-state index contributed by atoms with van der Waals surface area (Å²) in [6.45, 7) is 5.67. The van der Waals surface area contributed by atoms with E-state index in [9.17, 15) is 4.79 Å². The van der Waals surface area contributed by atoms with Crippen molar-refractivity contribution in [1.82, 2.24) is 29.3 Å². The lowest BCUT2D eigenvalue weighted by Crippen LogP contribution is -2.18. The summed E-state index contributed by atoms with van der Waals surface area (Å²) in [4.78, 5) is 25.2. The molecule has 0 aliphatic rings. The Labute approximate surface area is 202 Å². The number of pyridine rings is 2. The standard InChI is InChI=1S/C26H26N8O/c1-17-11-23(27)32-18(2)21(17)12-28-25-22-13-31-34(26(22)30-16-29-25)15-20-8-6-19(7-9-20)14-33-10-4-3-5-24(33)35/h3-11,13,16H,12,14-15H2,1-2H3,(H2,27,32)(H,28,29,30). The zero-order valence-electron chi connectivity index (χ0n) is 19.6. The van der Waals surface area contributed by atoms with Crippen molar-refractivity contribution >= 4 is 22.7 Å². The molecule has 0 saturated carbocycles. The van der Waals surface area contributed by atoms with Crippen molar-refractivity contribution in [3.05, 3.63) is 106 Å². The minimum absolute atomic E-state index is 0.0123. The molecule has 9 nitrogen and oxygen atoms in total. The number of nitrogens with zero attached hydrogens (tertiary/aromatic N) is 6. The number of aromatic nitrogens is 6. The maximum atomic E-state index is 12.0. The summed E-state index contributed by atoms with van der Waals surface area (Å²) in [5, 5.41) is 8.81. The number of aryl methyl sites for hydroxylation is 2. The number of nitrogen functional groups attached to an aromatic ring is 1. The van der Waals surface area contributed by atoms with Crippen molar-refractivity contribution in [2.45, 2.75) is 33.5 Å². The van der Waals surface area contributed by atoms with Crippen LogP contribution in [0.5, 0.6) is 0 Å². The van der Waals surface area contributed by atoms with Crippen molar-refractivity contribution in [3.63, 3.8) is 0 Å². The molecule has 1 aromatic carbocycles. The molecule has 5 aromatic rings. The fraction of sp³-hybridized carbons (Fsp3) is 0.192. The lowest BCUT2D eigenvalue weighted by atomic mass is 10.1. The molecule has 0 bridgehead atoms. The number of nitrogens with two attached hydrogens (primary N) is 1. The highest BCUT2D eigenvalue weighted by atomic mass is 16.1. The van der Waals surface area contributed by atoms with Crippen molar-refractivity contribution in [2.75, 3.05) is 11.1 Å². The first-order valence-corrected chi connectivity index (χ1v) is 11.3. The number of benzene rings is 1. The van der Waals surface area contributed by atoms with Crippen LogP contribution >= 0.6 is 0 Å². The lowest BCUT2D eigenvalue weighted by molar-refractivity contribution is 0.702. The molecule has 0 amide bonds. The Kier molecular flexibility index (Phi) is 5.97. The van der Waals surface area contributed by atoms with E-state index in [1.54, 1.807) is 35.4 Å². The van der Waals surface area contributed by atoms with Crippen LogP contribution in [-0.4, -0.2) is 29.3 Å². The smallest absolute Gasteiger partial charge is 0.250 e. The third-order valence-corrected chi connectivity index (χ3v) is 6.05. The first kappa shape index (κ1) is 22.3. The third-order valence-electron chi connectivity index (χ3n) is 6.05. The van der Waals surface area contributed by atoms with Gasteiger partial charge in [0, 0.05) is 24.5 Å². The Morgan fingerprint density at radius 2 is 1.77 bits per heavy atom. The second-order valence-corrected chi connectivity index (χ2v) is 8.53. The highest BCUT2D eigenvalue weighted by Crippen LogP contribution is 2.22. The van der Waals surface area contributed by atoms with Gasteiger partial charge in [0.15, 0.2) is 5.65 Å². The van der Waals surface area contributed by atoms with Crippen LogP contribution in [0.15, 0.2) is 72.0 Å². The van der Waals surface area contributed by atoms with Gasteiger partial charge in [-0.1, -0.05) is 30.3 Å². The summed E-state index contributed by atoms with van der Waals surface area (Å²) in [7, 11) is 0. The zero-order chi connectivity index (χ0) is 24.4. The normalized spacial score (nSPS) is 11.1. The van der Waals surface area contributed by atoms with E-state index in [1.807, 2.05) is 42.8 Å². The molecule has 9 heteroatoms. The molecule has 0 unspecified atom stereocenters. The molecule has 0 atom stereocenters. The first-order chi connectivity index (χ1) is 17.0. The van der Waals surface area contributed by atoms with Crippen LogP contribution in [0.2, 0.25) is 0 Å². The molecule has 0 aliphatic heterocycles. The molecule has 35 heavy (non-hydrogen) atoms. The highest BCUT2D eigenvalue weighted by Gasteiger charge is 2.12. The van der Waals surface area contributed by atoms with Crippen LogP contribution in [0, 0.1) is 13.8 Å². The van der Waals surface area contributed by atoms with Crippen LogP contribution in [-0.2, 0) is 19.6 Å². The van der Waals surface area contributed by atoms with Crippen molar-refractivity contribution in [2.24, 2.45) is 0 Å². The topological polar surface area (TPSA) is 117 Å². The number of hydrogen-bond donors (Lipinski definition) is 2. The Morgan fingerprint density at radius 3 is 2.51 bits per heavy atom. The van der Waals surface area contributed by atoms with Gasteiger partial charge in [-0.05, 0) is 48.2 Å². The largest absolute Gasteiger partial charge is 0.384 e. The Bertz CT molecular complexity index is 1530. The van der Waals surface area contributed by atoms with Crippen LogP contribution in [0.4, 0.5) is 11.6 Å². The Morgan fingerprint density at radius 1 is 1.00 bits per heavy atom. The van der Waals surface area contributed by atoms with Gasteiger partial charge in [-0.3, -0.25) is 4.79 Å². The summed E-state index contributed by atoms with van der Waals surface area (Å²) in [5.41, 5.74) is 11.8. The molecular weight excluding hydrogens is 440 g/mol. The van der Waals surface area contributed by atoms with Crippen LogP contribution in [0.1, 0.15) is 27.9 Å². The zero-order valence-corrected chi connectivity index (χ0v) is 19.6. The highest BCUT2D eigenvalue weighted by molar-refractivity contribution is 5.86. The van der Waals surface area contributed by atoms with Crippen molar-refractivity contribution in [3.8, 4) is 0 Å². The van der Waals surface area contributed by atoms with Crippen LogP contribution in [0.25, 0.3) is 11.0 Å². The van der Waals surface area contributed by atoms with E-state index in [0.29, 0.717) is 25.5 Å². The van der Waals surface area contributed by atoms with E-state index in [4.69, 9.17) is 5.73 Å². The number of rotatable bonds is 7. The molecule has 0 aliphatic carbocycles. The van der Waals surface area contributed by atoms with Gasteiger partial charge in [0.1, 0.15) is 18.0 Å². The van der Waals surface area contributed by atoms with Gasteiger partial charge in [0.25, 0.3) is 5.56 Å². The molecule has 4 heterocycles. The second kappa shape index (κ2) is 9.38. The van der Waals surface area contributed by atoms with E-state index in [0.717, 1.165) is 44.8 Å². The SMILES string of the molecule is Cc1cc(N)nc(C)c1CNc1ncnc2c1cnn2Cc1ccc(Cn2ccccc2=O)cc1. The van der Waals surface area contributed by atoms with E-state index in [-0.39, 0.29) is 5.56 Å². The van der Waals surface area contributed by atoms with Crippen LogP contribution in [0.3, 0.4) is 0 Å². The van der Waals surface area contributed by atoms with Crippen LogP contribution < -0.4 is 16.6 Å². The quantitative estimate of drug-likeness (QED) is 0.378. The van der Waals surface area contributed by atoms with Crippen molar-refractivity contribution < 1.29 is 0 Å². The molecule has 0 radical (unpaired) electrons. The van der Waals surface area contributed by atoms with E-state index >= 15 is 0 Å². The van der Waals surface area contributed by atoms with E-state index in [2.05, 4.69) is 37.5 Å². The molecular formula is C26H26N8O. The Hall–Kier alpha value is -4.53. The van der Waals surface area contributed by atoms with Crippen molar-refractivity contribution in [1.29, 1.82) is 0 Å². The van der Waals surface area contributed by atoms with Gasteiger partial charge < -0.3 is 15.6 Å². The molecule has 5 rings (SSSR count). The minimum Gasteiger partial charge on any atom is -0.384 e. The molecule has 176 valence electrons. The first-order valence-electron chi connectivity index (χ1n) is 11.3. The molecule has 0 fully saturated rings. The summed E-state index contributed by atoms with van der Waals surface area (Å²) in [6, 6.07) is 15.2. The monoisotopic (exact) mass is 466 g/mol. The summed E-state index contributed by atoms with van der Waals surface area (Å²) in [6.07, 6.45) is 5.13. The molecule has 4 aromatic heterocycles. The van der Waals surface area contributed by atoms with E-state index < -0.39 is 0 Å². The average Bonchev–Trinajstić information content (AvgIpc) is 3.24. The fourth-order valence-electron chi connectivity index (χ4n) is 4.19. The maximum absolute atomic E-state index is 12.0. The van der Waals surface area contributed by atoms with Gasteiger partial charge in [-0.2, -0.15) is 5.10 Å². The van der Waals surface area contributed by atoms with E-state index in [1.165, 1.54) is 0 Å². The summed E-state index contributed by atoms with van der Waals surface area (Å²) in [5.74, 6) is 1.25. The molecule has 0 spiro atoms.